The Bertz CT molecular complexity index is 2960. The van der Waals surface area contributed by atoms with Crippen LogP contribution in [-0.2, 0) is 48.5 Å². The second kappa shape index (κ2) is 41.7. The van der Waals surface area contributed by atoms with Crippen molar-refractivity contribution in [3.63, 3.8) is 0 Å². The predicted molar refractivity (Wildman–Crippen MR) is 280 cm³/mol. The van der Waals surface area contributed by atoms with Gasteiger partial charge in [0.15, 0.2) is 34.8 Å². The van der Waals surface area contributed by atoms with Gasteiger partial charge < -0.3 is 10.2 Å². The van der Waals surface area contributed by atoms with Crippen LogP contribution in [0.15, 0.2) is 331 Å². The van der Waals surface area contributed by atoms with Crippen LogP contribution in [0.25, 0.3) is 0 Å². The molecule has 0 unspecified atom stereocenters. The van der Waals surface area contributed by atoms with Crippen LogP contribution in [0.4, 0.5) is 46.0 Å². The van der Waals surface area contributed by atoms with Crippen LogP contribution in [0, 0.1) is 20.5 Å². The molecule has 0 fully saturated rings. The van der Waals surface area contributed by atoms with Crippen LogP contribution >= 0.6 is 0 Å². The van der Waals surface area contributed by atoms with Gasteiger partial charge in [0.1, 0.15) is 0 Å². The van der Waals surface area contributed by atoms with E-state index in [2.05, 4.69) is 60.8 Å². The van der Waals surface area contributed by atoms with E-state index in [1.54, 1.807) is 24.8 Å². The van der Waals surface area contributed by atoms with Crippen molar-refractivity contribution in [2.24, 2.45) is 40.9 Å². The van der Waals surface area contributed by atoms with E-state index in [0.717, 1.165) is 22.7 Å². The molecule has 0 spiro atoms. The van der Waals surface area contributed by atoms with E-state index in [0.29, 0.717) is 23.3 Å². The molecule has 4 aromatic carbocycles. The normalized spacial score (nSPS) is 13.2. The number of carbonyl (C=O) groups excluding carboxylic acids is 2. The number of ketones is 2. The molecule has 0 N–H and O–H groups in total. The van der Waals surface area contributed by atoms with Gasteiger partial charge in [-0.1, -0.05) is 134 Å². The van der Waals surface area contributed by atoms with Gasteiger partial charge >= 0.3 is 39.0 Å². The molecule has 0 bridgehead atoms. The zero-order valence-corrected chi connectivity index (χ0v) is 49.1. The molecule has 2 aliphatic rings. The van der Waals surface area contributed by atoms with Crippen molar-refractivity contribution >= 4 is 57.6 Å². The second-order valence-electron chi connectivity index (χ2n) is 15.3. The smallest absolute Gasteiger partial charge is 0.872 e. The summed E-state index contributed by atoms with van der Waals surface area (Å²) in [4.78, 5) is 39.0. The Hall–Kier alpha value is -9.23. The van der Waals surface area contributed by atoms with Crippen LogP contribution in [-0.4, -0.2) is 31.5 Å². The van der Waals surface area contributed by atoms with Crippen LogP contribution in [0.2, 0.25) is 0 Å². The Labute approximate surface area is 521 Å². The Balaban J connectivity index is 0.000000351. The third kappa shape index (κ3) is 34.4. The van der Waals surface area contributed by atoms with Crippen molar-refractivity contribution in [2.45, 2.75) is 0 Å². The van der Waals surface area contributed by atoms with Crippen molar-refractivity contribution in [3.8, 4) is 0 Å². The molecule has 4 heterocycles. The fraction of sp³-hybridized carbons (Fsp3) is 0. The van der Waals surface area contributed by atoms with E-state index >= 15 is 0 Å². The van der Waals surface area contributed by atoms with Crippen molar-refractivity contribution in [3.05, 3.63) is 290 Å². The molecule has 0 saturated heterocycles. The van der Waals surface area contributed by atoms with Gasteiger partial charge in [0, 0.05) is 35.9 Å². The summed E-state index contributed by atoms with van der Waals surface area (Å²) >= 11 is 0. The number of hydrogen-bond donors (Lipinski definition) is 0. The molecule has 0 amide bonds. The first-order valence-corrected chi connectivity index (χ1v) is 26.2. The summed E-state index contributed by atoms with van der Waals surface area (Å²) in [5.41, 5.74) is 2.89. The summed E-state index contributed by atoms with van der Waals surface area (Å²) in [6.45, 7) is 0. The van der Waals surface area contributed by atoms with Crippen LogP contribution in [0.1, 0.15) is 0 Å². The number of allylic oxidation sites excluding steroid dienone is 10. The standard InChI is InChI=1S/C14H10O4.4C11H9N3.2ClHO4.2Ru/c15-11-7-3-1-5-9(11)13(17)14(18)10-6-2-4-8-12(10)16;4*1-2-6-10(7-3-1)13-14-11-8-4-5-9-12-11;2*2-1(3,4)5;;/h1-8,17-18H;4*1-9H;2*(H,2,3,4,5);;/q;;;;;;;2*+2/p-4/b13-9-,14-10-;;;;;;;;. The third-order valence-electron chi connectivity index (χ3n) is 9.16. The zero-order chi connectivity index (χ0) is 60.7. The number of pyridine rings is 4. The molecule has 24 nitrogen and oxygen atoms in total. The Morgan fingerprint density at radius 3 is 0.674 bits per heavy atom. The van der Waals surface area contributed by atoms with Crippen molar-refractivity contribution in [1.82, 2.24) is 19.9 Å². The molecule has 28 heteroatoms. The van der Waals surface area contributed by atoms with E-state index in [1.165, 1.54) is 48.6 Å². The number of azo groups is 4. The first-order chi connectivity index (χ1) is 40.4. The first kappa shape index (κ1) is 72.9. The fourth-order valence-electron chi connectivity index (χ4n) is 5.62. The molecule has 10 rings (SSSR count). The molecular weight excluding hydrogens is 1330 g/mol. The van der Waals surface area contributed by atoms with E-state index < -0.39 is 43.6 Å². The first-order valence-electron chi connectivity index (χ1n) is 23.8. The Kier molecular flexibility index (Phi) is 35.3. The van der Waals surface area contributed by atoms with Gasteiger partial charge in [0.05, 0.1) is 22.7 Å². The third-order valence-corrected chi connectivity index (χ3v) is 9.16. The summed E-state index contributed by atoms with van der Waals surface area (Å²) in [6.07, 6.45) is 17.7. The average molecular weight is 1370 g/mol. The summed E-state index contributed by atoms with van der Waals surface area (Å²) in [5.74, 6) is -0.480. The molecule has 0 saturated carbocycles. The van der Waals surface area contributed by atoms with E-state index in [4.69, 9.17) is 37.3 Å². The zero-order valence-electron chi connectivity index (χ0n) is 44.1. The molecular formula is C58H44Cl2N12O12Ru2. The van der Waals surface area contributed by atoms with Crippen molar-refractivity contribution in [2.75, 3.05) is 0 Å². The minimum absolute atomic E-state index is 0. The number of nitrogens with zero attached hydrogens (tertiary/aromatic N) is 12. The monoisotopic (exact) mass is 1370 g/mol. The topological polar surface area (TPSA) is 415 Å². The van der Waals surface area contributed by atoms with Gasteiger partial charge in [-0.3, -0.25) is 9.59 Å². The summed E-state index contributed by atoms with van der Waals surface area (Å²) in [5, 5.41) is 55.8. The molecule has 4 aromatic heterocycles. The van der Waals surface area contributed by atoms with E-state index in [-0.39, 0.29) is 50.1 Å². The minimum atomic E-state index is -4.94. The largest absolute Gasteiger partial charge is 2.00 e. The summed E-state index contributed by atoms with van der Waals surface area (Å²) in [7, 11) is -9.89. The number of rotatable bonds is 9. The number of aromatic nitrogens is 4. The molecule has 0 aliphatic heterocycles. The van der Waals surface area contributed by atoms with Crippen molar-refractivity contribution in [1.29, 1.82) is 0 Å². The van der Waals surface area contributed by atoms with Gasteiger partial charge in [-0.15, -0.1) is 72.9 Å². The maximum Gasteiger partial charge on any atom is 2.00 e. The molecule has 86 heavy (non-hydrogen) atoms. The van der Waals surface area contributed by atoms with Gasteiger partial charge in [-0.05, 0) is 109 Å². The molecule has 0 atom stereocenters. The van der Waals surface area contributed by atoms with Gasteiger partial charge in [-0.2, -0.15) is 0 Å². The summed E-state index contributed by atoms with van der Waals surface area (Å²) < 4.78 is 67.9. The fourth-order valence-corrected chi connectivity index (χ4v) is 5.62. The van der Waals surface area contributed by atoms with Gasteiger partial charge in [-0.25, -0.2) is 57.2 Å². The number of benzene rings is 4. The average Bonchev–Trinajstić information content (AvgIpc) is 3.64. The second-order valence-corrected chi connectivity index (χ2v) is 16.8. The predicted octanol–water partition coefficient (Wildman–Crippen LogP) is 4.08. The van der Waals surface area contributed by atoms with E-state index in [1.807, 2.05) is 194 Å². The van der Waals surface area contributed by atoms with E-state index in [9.17, 15) is 19.8 Å². The van der Waals surface area contributed by atoms with Crippen LogP contribution in [0.5, 0.6) is 0 Å². The summed E-state index contributed by atoms with van der Waals surface area (Å²) in [6, 6.07) is 60.5. The minimum Gasteiger partial charge on any atom is -0.872 e. The quantitative estimate of drug-likeness (QED) is 0.0850. The van der Waals surface area contributed by atoms with Gasteiger partial charge in [0.2, 0.25) is 0 Å². The number of carbonyl (C=O) groups is 2. The molecule has 2 aliphatic carbocycles. The Morgan fingerprint density at radius 2 is 0.488 bits per heavy atom. The molecule has 438 valence electrons. The van der Waals surface area contributed by atoms with Gasteiger partial charge in [0.25, 0.3) is 0 Å². The maximum atomic E-state index is 11.8. The maximum absolute atomic E-state index is 11.8. The number of hydrogen-bond acceptors (Lipinski definition) is 24. The van der Waals surface area contributed by atoms with Crippen LogP contribution in [0.3, 0.4) is 0 Å². The van der Waals surface area contributed by atoms with Crippen molar-refractivity contribution < 1.29 is 117 Å². The SMILES string of the molecule is O=C1C=CC=C/C1=C([O-])\C([O-])=C1/C=CC=CC1=O.[O-][Cl+3]([O-])([O-])[O-].[O-][Cl+3]([O-])([O-])[O-].[Ru+2].[Ru+2].c1ccc(N=Nc2ccccn2)cc1.c1ccc(N=Nc2ccccn2)cc1.c1ccc(N=Nc2ccccn2)cc1.c1ccc(N=Nc2ccccn2)cc1. The molecule has 8 aromatic rings. The Morgan fingerprint density at radius 1 is 0.291 bits per heavy atom. The van der Waals surface area contributed by atoms with Crippen LogP contribution < -0.4 is 47.5 Å². The number of halogens is 2. The molecule has 0 radical (unpaired) electrons.